The van der Waals surface area contributed by atoms with E-state index in [1.54, 1.807) is 4.68 Å². The summed E-state index contributed by atoms with van der Waals surface area (Å²) in [6, 6.07) is 7.94. The van der Waals surface area contributed by atoms with E-state index in [1.165, 1.54) is 0 Å². The van der Waals surface area contributed by atoms with Gasteiger partial charge in [-0.1, -0.05) is 18.2 Å². The van der Waals surface area contributed by atoms with Crippen LogP contribution in [0.4, 0.5) is 0 Å². The molecule has 26 heavy (non-hydrogen) atoms. The lowest BCUT2D eigenvalue weighted by Gasteiger charge is -2.16. The Morgan fingerprint density at radius 2 is 2.19 bits per heavy atom. The number of carbonyl (C=O) groups is 1. The molecule has 7 heteroatoms. The number of aryl methyl sites for hydroxylation is 2. The molecule has 1 aliphatic heterocycles. The number of carbonyl (C=O) groups excluding carboxylic acids is 1. The summed E-state index contributed by atoms with van der Waals surface area (Å²) < 4.78 is 7.66. The number of nitrogens with one attached hydrogen (secondary N) is 2. The van der Waals surface area contributed by atoms with Gasteiger partial charge in [0.25, 0.3) is 0 Å². The van der Waals surface area contributed by atoms with Crippen LogP contribution >= 0.6 is 12.4 Å². The monoisotopic (exact) mass is 374 g/mol. The third kappa shape index (κ3) is 3.34. The average Bonchev–Trinajstić information content (AvgIpc) is 3.32. The van der Waals surface area contributed by atoms with Gasteiger partial charge >= 0.3 is 0 Å². The van der Waals surface area contributed by atoms with Crippen LogP contribution in [0.3, 0.4) is 0 Å². The summed E-state index contributed by atoms with van der Waals surface area (Å²) in [6.45, 7) is 3.93. The van der Waals surface area contributed by atoms with E-state index in [2.05, 4.69) is 15.7 Å². The molecule has 0 bridgehead atoms. The standard InChI is InChI=1S/C19H22N4O2.ClH/c1-12-14-5-3-4-6-17(14)25-18(12)10-21-19(24)16-9-20-8-15(16)13-7-22-23(2)11-13;/h3-7,11,15-16,20H,8-10H2,1-2H3,(H,21,24);1H/t15-,16+;/m1./s1. The molecule has 0 radical (unpaired) electrons. The number of furan rings is 1. The van der Waals surface area contributed by atoms with Crippen molar-refractivity contribution in [3.63, 3.8) is 0 Å². The van der Waals surface area contributed by atoms with Crippen LogP contribution in [0.15, 0.2) is 41.1 Å². The third-order valence-electron chi connectivity index (χ3n) is 5.07. The summed E-state index contributed by atoms with van der Waals surface area (Å²) in [4.78, 5) is 12.7. The van der Waals surface area contributed by atoms with E-state index in [0.717, 1.165) is 34.4 Å². The number of aromatic nitrogens is 2. The molecule has 0 spiro atoms. The molecule has 0 unspecified atom stereocenters. The SMILES string of the molecule is Cc1c(CNC(=O)[C@H]2CNC[C@@H]2c2cnn(C)c2)oc2ccccc12.Cl. The van der Waals surface area contributed by atoms with Crippen molar-refractivity contribution >= 4 is 29.3 Å². The minimum Gasteiger partial charge on any atom is -0.459 e. The molecule has 0 aliphatic carbocycles. The van der Waals surface area contributed by atoms with Gasteiger partial charge in [-0.3, -0.25) is 9.48 Å². The van der Waals surface area contributed by atoms with Crippen molar-refractivity contribution in [2.24, 2.45) is 13.0 Å². The van der Waals surface area contributed by atoms with Crippen molar-refractivity contribution in [1.82, 2.24) is 20.4 Å². The van der Waals surface area contributed by atoms with E-state index in [-0.39, 0.29) is 30.2 Å². The van der Waals surface area contributed by atoms with Gasteiger partial charge in [0.15, 0.2) is 0 Å². The van der Waals surface area contributed by atoms with E-state index in [1.807, 2.05) is 50.6 Å². The van der Waals surface area contributed by atoms with Gasteiger partial charge in [-0.25, -0.2) is 0 Å². The lowest BCUT2D eigenvalue weighted by molar-refractivity contribution is -0.125. The van der Waals surface area contributed by atoms with Crippen LogP contribution < -0.4 is 10.6 Å². The van der Waals surface area contributed by atoms with Gasteiger partial charge in [-0.15, -0.1) is 12.4 Å². The maximum atomic E-state index is 12.7. The van der Waals surface area contributed by atoms with E-state index >= 15 is 0 Å². The Hall–Kier alpha value is -2.31. The Morgan fingerprint density at radius 1 is 1.38 bits per heavy atom. The molecule has 1 amide bonds. The van der Waals surface area contributed by atoms with Crippen LogP contribution in [0.2, 0.25) is 0 Å². The molecule has 0 saturated carbocycles. The zero-order chi connectivity index (χ0) is 17.4. The fraction of sp³-hybridized carbons (Fsp3) is 0.368. The van der Waals surface area contributed by atoms with Crippen LogP contribution in [0, 0.1) is 12.8 Å². The normalized spacial score (nSPS) is 19.5. The summed E-state index contributed by atoms with van der Waals surface area (Å²) in [6.07, 6.45) is 3.84. The lowest BCUT2D eigenvalue weighted by atomic mass is 9.90. The van der Waals surface area contributed by atoms with Gasteiger partial charge in [-0.2, -0.15) is 5.10 Å². The number of benzene rings is 1. The Bertz CT molecular complexity index is 917. The quantitative estimate of drug-likeness (QED) is 0.736. The predicted molar refractivity (Wildman–Crippen MR) is 102 cm³/mol. The zero-order valence-electron chi connectivity index (χ0n) is 14.9. The fourth-order valence-corrected chi connectivity index (χ4v) is 3.63. The number of hydrogen-bond donors (Lipinski definition) is 2. The van der Waals surface area contributed by atoms with Crippen LogP contribution in [0.1, 0.15) is 22.8 Å². The topological polar surface area (TPSA) is 72.1 Å². The first-order valence-electron chi connectivity index (χ1n) is 8.57. The summed E-state index contributed by atoms with van der Waals surface area (Å²) in [7, 11) is 1.89. The molecule has 3 aromatic rings. The van der Waals surface area contributed by atoms with Crippen LogP contribution in [-0.4, -0.2) is 28.8 Å². The molecule has 2 atom stereocenters. The molecule has 6 nitrogen and oxygen atoms in total. The second-order valence-corrected chi connectivity index (χ2v) is 6.68. The van der Waals surface area contributed by atoms with Gasteiger partial charge < -0.3 is 15.1 Å². The van der Waals surface area contributed by atoms with Crippen molar-refractivity contribution < 1.29 is 9.21 Å². The van der Waals surface area contributed by atoms with Gasteiger partial charge in [0.1, 0.15) is 11.3 Å². The molecule has 1 aliphatic rings. The summed E-state index contributed by atoms with van der Waals surface area (Å²) >= 11 is 0. The highest BCUT2D eigenvalue weighted by molar-refractivity contribution is 5.85. The number of fused-ring (bicyclic) bond motifs is 1. The average molecular weight is 375 g/mol. The Balaban J connectivity index is 0.00000196. The van der Waals surface area contributed by atoms with E-state index in [9.17, 15) is 4.79 Å². The molecule has 138 valence electrons. The van der Waals surface area contributed by atoms with Crippen molar-refractivity contribution in [2.75, 3.05) is 13.1 Å². The van der Waals surface area contributed by atoms with Crippen molar-refractivity contribution in [1.29, 1.82) is 0 Å². The summed E-state index contributed by atoms with van der Waals surface area (Å²) in [5.41, 5.74) is 3.05. The maximum absolute atomic E-state index is 12.7. The molecular formula is C19H23ClN4O2. The number of halogens is 1. The highest BCUT2D eigenvalue weighted by atomic mass is 35.5. The van der Waals surface area contributed by atoms with Gasteiger partial charge in [-0.05, 0) is 18.6 Å². The first-order valence-corrected chi connectivity index (χ1v) is 8.57. The Labute approximate surface area is 158 Å². The number of amides is 1. The van der Waals surface area contributed by atoms with E-state index in [4.69, 9.17) is 4.42 Å². The minimum atomic E-state index is -0.0890. The summed E-state index contributed by atoms with van der Waals surface area (Å²) in [5.74, 6) is 0.941. The van der Waals surface area contributed by atoms with Crippen LogP contribution in [0.25, 0.3) is 11.0 Å². The Kier molecular flexibility index (Phi) is 5.34. The first kappa shape index (κ1) is 18.5. The summed E-state index contributed by atoms with van der Waals surface area (Å²) in [5, 5.41) is 11.7. The minimum absolute atomic E-state index is 0. The Morgan fingerprint density at radius 3 is 2.92 bits per heavy atom. The van der Waals surface area contributed by atoms with Gasteiger partial charge in [0.05, 0.1) is 18.7 Å². The molecule has 1 aromatic carbocycles. The molecule has 2 N–H and O–H groups in total. The lowest BCUT2D eigenvalue weighted by Crippen LogP contribution is -2.34. The molecule has 4 rings (SSSR count). The van der Waals surface area contributed by atoms with Crippen LogP contribution in [-0.2, 0) is 18.4 Å². The number of nitrogens with zero attached hydrogens (tertiary/aromatic N) is 2. The van der Waals surface area contributed by atoms with Crippen LogP contribution in [0.5, 0.6) is 0 Å². The van der Waals surface area contributed by atoms with E-state index < -0.39 is 0 Å². The van der Waals surface area contributed by atoms with Crippen molar-refractivity contribution in [3.05, 3.63) is 53.5 Å². The fourth-order valence-electron chi connectivity index (χ4n) is 3.63. The van der Waals surface area contributed by atoms with Crippen molar-refractivity contribution in [3.8, 4) is 0 Å². The van der Waals surface area contributed by atoms with Crippen molar-refractivity contribution in [2.45, 2.75) is 19.4 Å². The van der Waals surface area contributed by atoms with Gasteiger partial charge in [0.2, 0.25) is 5.91 Å². The predicted octanol–water partition coefficient (Wildman–Crippen LogP) is 2.52. The molecule has 1 saturated heterocycles. The smallest absolute Gasteiger partial charge is 0.225 e. The molecule has 2 aromatic heterocycles. The number of hydrogen-bond acceptors (Lipinski definition) is 4. The zero-order valence-corrected chi connectivity index (χ0v) is 15.7. The number of para-hydroxylation sites is 1. The van der Waals surface area contributed by atoms with Gasteiger partial charge in [0, 0.05) is 43.2 Å². The first-order chi connectivity index (χ1) is 12.1. The molecule has 3 heterocycles. The highest BCUT2D eigenvalue weighted by Gasteiger charge is 2.34. The molecular weight excluding hydrogens is 352 g/mol. The number of rotatable bonds is 4. The largest absolute Gasteiger partial charge is 0.459 e. The second kappa shape index (κ2) is 7.51. The van der Waals surface area contributed by atoms with E-state index in [0.29, 0.717) is 13.1 Å². The molecule has 1 fully saturated rings. The maximum Gasteiger partial charge on any atom is 0.225 e. The highest BCUT2D eigenvalue weighted by Crippen LogP contribution is 2.28. The third-order valence-corrected chi connectivity index (χ3v) is 5.07. The second-order valence-electron chi connectivity index (χ2n) is 6.68.